The normalized spacial score (nSPS) is 11.6. The molecule has 0 radical (unpaired) electrons. The minimum absolute atomic E-state index is 1.23. The summed E-state index contributed by atoms with van der Waals surface area (Å²) in [6.45, 7) is 0. The monoisotopic (exact) mass is 588 g/mol. The van der Waals surface area contributed by atoms with Gasteiger partial charge in [-0.3, -0.25) is 0 Å². The molecule has 0 bridgehead atoms. The Morgan fingerprint density at radius 1 is 0.289 bits per heavy atom. The fraction of sp³-hybridized carbons (Fsp3) is 0. The third kappa shape index (κ3) is 4.28. The summed E-state index contributed by atoms with van der Waals surface area (Å²) < 4.78 is 2.64. The second-order valence-electron chi connectivity index (χ2n) is 11.6. The van der Waals surface area contributed by atoms with Crippen LogP contribution in [0.1, 0.15) is 0 Å². The van der Waals surface area contributed by atoms with Crippen LogP contribution in [-0.2, 0) is 0 Å². The first-order chi connectivity index (χ1) is 22.3. The Bertz CT molecular complexity index is 2460. The predicted octanol–water partition coefficient (Wildman–Crippen LogP) is 13.0. The van der Waals surface area contributed by atoms with E-state index in [9.17, 15) is 0 Å². The largest absolute Gasteiger partial charge is 0.135 e. The molecule has 9 rings (SSSR count). The van der Waals surface area contributed by atoms with Gasteiger partial charge in [0.15, 0.2) is 0 Å². The van der Waals surface area contributed by atoms with Crippen LogP contribution < -0.4 is 0 Å². The predicted molar refractivity (Wildman–Crippen MR) is 196 cm³/mol. The fourth-order valence-electron chi connectivity index (χ4n) is 7.06. The maximum atomic E-state index is 2.36. The van der Waals surface area contributed by atoms with E-state index in [-0.39, 0.29) is 0 Å². The van der Waals surface area contributed by atoms with Crippen molar-refractivity contribution in [1.82, 2.24) is 0 Å². The molecule has 0 saturated carbocycles. The number of hydrogen-bond donors (Lipinski definition) is 0. The molecule has 0 aliphatic rings. The van der Waals surface area contributed by atoms with Crippen LogP contribution in [0, 0.1) is 0 Å². The first-order valence-electron chi connectivity index (χ1n) is 15.4. The van der Waals surface area contributed by atoms with Crippen LogP contribution in [0.2, 0.25) is 0 Å². The average Bonchev–Trinajstić information content (AvgIpc) is 3.50. The van der Waals surface area contributed by atoms with Crippen LogP contribution in [0.15, 0.2) is 170 Å². The molecule has 1 heterocycles. The second kappa shape index (κ2) is 10.6. The minimum atomic E-state index is 1.23. The summed E-state index contributed by atoms with van der Waals surface area (Å²) in [5.41, 5.74) is 10.1. The maximum absolute atomic E-state index is 2.36. The highest BCUT2D eigenvalue weighted by Gasteiger charge is 2.20. The van der Waals surface area contributed by atoms with Gasteiger partial charge in [-0.25, -0.2) is 0 Å². The SMILES string of the molecule is c1ccc(-c2cccc(-c3c4ccccc4c(-c4cccc5sc6cc(-c7ccccc7)ccc6c45)c4ccccc34)c2)cc1. The second-order valence-corrected chi connectivity index (χ2v) is 12.7. The van der Waals surface area contributed by atoms with Gasteiger partial charge in [0.05, 0.1) is 0 Å². The van der Waals surface area contributed by atoms with Gasteiger partial charge in [-0.1, -0.05) is 152 Å². The lowest BCUT2D eigenvalue weighted by Gasteiger charge is -2.19. The van der Waals surface area contributed by atoms with E-state index >= 15 is 0 Å². The van der Waals surface area contributed by atoms with Gasteiger partial charge in [-0.15, -0.1) is 11.3 Å². The summed E-state index contributed by atoms with van der Waals surface area (Å²) in [6, 6.07) is 62.1. The summed E-state index contributed by atoms with van der Waals surface area (Å²) in [5, 5.41) is 7.77. The van der Waals surface area contributed by atoms with Crippen LogP contribution >= 0.6 is 11.3 Å². The molecular weight excluding hydrogens is 561 g/mol. The zero-order valence-electron chi connectivity index (χ0n) is 24.6. The third-order valence-electron chi connectivity index (χ3n) is 9.06. The van der Waals surface area contributed by atoms with E-state index in [0.29, 0.717) is 0 Å². The molecule has 1 aromatic heterocycles. The Labute approximate surface area is 266 Å². The van der Waals surface area contributed by atoms with Crippen molar-refractivity contribution >= 4 is 53.1 Å². The standard InChI is InChI=1S/C44H28S/c1-3-13-29(14-4-1)31-17-11-18-33(27-31)42-34-19-7-9-21-36(34)43(37-22-10-8-20-35(37)42)39-23-12-24-40-44(39)38-26-25-32(28-41(38)45-40)30-15-5-2-6-16-30/h1-28H. The first-order valence-corrected chi connectivity index (χ1v) is 16.3. The van der Waals surface area contributed by atoms with E-state index in [0.717, 1.165) is 0 Å². The Morgan fingerprint density at radius 2 is 0.800 bits per heavy atom. The molecule has 8 aromatic carbocycles. The summed E-state index contributed by atoms with van der Waals surface area (Å²) in [5.74, 6) is 0. The zero-order chi connectivity index (χ0) is 29.7. The summed E-state index contributed by atoms with van der Waals surface area (Å²) >= 11 is 1.89. The van der Waals surface area contributed by atoms with Crippen molar-refractivity contribution in [2.45, 2.75) is 0 Å². The highest BCUT2D eigenvalue weighted by molar-refractivity contribution is 7.26. The zero-order valence-corrected chi connectivity index (χ0v) is 25.4. The van der Waals surface area contributed by atoms with Gasteiger partial charge in [0, 0.05) is 20.2 Å². The van der Waals surface area contributed by atoms with E-state index in [1.54, 1.807) is 0 Å². The molecule has 0 aliphatic heterocycles. The van der Waals surface area contributed by atoms with Crippen molar-refractivity contribution in [3.63, 3.8) is 0 Å². The van der Waals surface area contributed by atoms with Crippen molar-refractivity contribution in [3.05, 3.63) is 170 Å². The van der Waals surface area contributed by atoms with E-state index in [4.69, 9.17) is 0 Å². The smallest absolute Gasteiger partial charge is 0.0361 e. The molecule has 0 unspecified atom stereocenters. The number of benzene rings is 8. The van der Waals surface area contributed by atoms with E-state index in [1.165, 1.54) is 86.2 Å². The van der Waals surface area contributed by atoms with Gasteiger partial charge in [-0.2, -0.15) is 0 Å². The molecular formula is C44H28S. The minimum Gasteiger partial charge on any atom is -0.135 e. The van der Waals surface area contributed by atoms with Crippen molar-refractivity contribution in [1.29, 1.82) is 0 Å². The van der Waals surface area contributed by atoms with Crippen molar-refractivity contribution in [3.8, 4) is 44.5 Å². The summed E-state index contributed by atoms with van der Waals surface area (Å²) in [7, 11) is 0. The van der Waals surface area contributed by atoms with Gasteiger partial charge in [0.2, 0.25) is 0 Å². The Balaban J connectivity index is 1.33. The van der Waals surface area contributed by atoms with Crippen LogP contribution in [-0.4, -0.2) is 0 Å². The molecule has 0 N–H and O–H groups in total. The lowest BCUT2D eigenvalue weighted by molar-refractivity contribution is 1.61. The number of rotatable bonds is 4. The van der Waals surface area contributed by atoms with Gasteiger partial charge < -0.3 is 0 Å². The molecule has 0 saturated heterocycles. The molecule has 0 amide bonds. The fourth-order valence-corrected chi connectivity index (χ4v) is 8.23. The van der Waals surface area contributed by atoms with E-state index in [1.807, 2.05) is 11.3 Å². The van der Waals surface area contributed by atoms with Crippen LogP contribution in [0.3, 0.4) is 0 Å². The Kier molecular flexibility index (Phi) is 6.11. The molecule has 0 spiro atoms. The molecule has 1 heteroatoms. The Hall–Kier alpha value is -5.50. The lowest BCUT2D eigenvalue weighted by Crippen LogP contribution is -1.91. The Morgan fingerprint density at radius 3 is 1.44 bits per heavy atom. The highest BCUT2D eigenvalue weighted by atomic mass is 32.1. The summed E-state index contributed by atoms with van der Waals surface area (Å²) in [4.78, 5) is 0. The van der Waals surface area contributed by atoms with Crippen LogP contribution in [0.5, 0.6) is 0 Å². The highest BCUT2D eigenvalue weighted by Crippen LogP contribution is 2.48. The van der Waals surface area contributed by atoms with E-state index < -0.39 is 0 Å². The topological polar surface area (TPSA) is 0 Å². The molecule has 0 fully saturated rings. The third-order valence-corrected chi connectivity index (χ3v) is 10.2. The maximum Gasteiger partial charge on any atom is 0.0361 e. The quantitative estimate of drug-likeness (QED) is 0.179. The molecule has 0 nitrogen and oxygen atoms in total. The number of thiophene rings is 1. The van der Waals surface area contributed by atoms with Gasteiger partial charge >= 0.3 is 0 Å². The molecule has 0 aliphatic carbocycles. The number of hydrogen-bond acceptors (Lipinski definition) is 1. The average molecular weight is 589 g/mol. The molecule has 45 heavy (non-hydrogen) atoms. The van der Waals surface area contributed by atoms with Gasteiger partial charge in [0.1, 0.15) is 0 Å². The van der Waals surface area contributed by atoms with Crippen molar-refractivity contribution in [2.75, 3.05) is 0 Å². The van der Waals surface area contributed by atoms with Crippen LogP contribution in [0.25, 0.3) is 86.2 Å². The summed E-state index contributed by atoms with van der Waals surface area (Å²) in [6.07, 6.45) is 0. The van der Waals surface area contributed by atoms with Gasteiger partial charge in [0.25, 0.3) is 0 Å². The van der Waals surface area contributed by atoms with Crippen LogP contribution in [0.4, 0.5) is 0 Å². The van der Waals surface area contributed by atoms with Crippen molar-refractivity contribution < 1.29 is 0 Å². The molecule has 0 atom stereocenters. The van der Waals surface area contributed by atoms with E-state index in [2.05, 4.69) is 170 Å². The van der Waals surface area contributed by atoms with Gasteiger partial charge in [-0.05, 0) is 84.3 Å². The lowest BCUT2D eigenvalue weighted by atomic mass is 9.84. The molecule has 9 aromatic rings. The van der Waals surface area contributed by atoms with Crippen molar-refractivity contribution in [2.24, 2.45) is 0 Å². The number of fused-ring (bicyclic) bond motifs is 5. The first kappa shape index (κ1) is 25.9. The molecule has 210 valence electrons.